The quantitative estimate of drug-likeness (QED) is 0.224. The topological polar surface area (TPSA) is 157 Å². The Labute approximate surface area is 175 Å². The summed E-state index contributed by atoms with van der Waals surface area (Å²) in [7, 11) is 0. The van der Waals surface area contributed by atoms with Crippen LogP contribution in [0.25, 0.3) is 0 Å². The molecule has 9 nitrogen and oxygen atoms in total. The van der Waals surface area contributed by atoms with Crippen molar-refractivity contribution in [1.29, 1.82) is 5.26 Å². The maximum atomic E-state index is 12.8. The van der Waals surface area contributed by atoms with E-state index in [1.165, 1.54) is 25.7 Å². The maximum absolute atomic E-state index is 12.8. The van der Waals surface area contributed by atoms with E-state index in [0.717, 1.165) is 25.7 Å². The molecule has 3 N–H and O–H groups in total. The highest BCUT2D eigenvalue weighted by molar-refractivity contribution is 6.24. The summed E-state index contributed by atoms with van der Waals surface area (Å²) in [4.78, 5) is 35.9. The lowest BCUT2D eigenvalue weighted by Gasteiger charge is -2.26. The fourth-order valence-corrected chi connectivity index (χ4v) is 3.70. The SMILES string of the molecule is CCCCCCCCCCCC1=C(O)C(=O)C2=C(OC(N)=C(C#N)C2[N+](=O)[O-])C1=O. The number of nitro groups is 1. The fourth-order valence-electron chi connectivity index (χ4n) is 3.70. The molecule has 9 heteroatoms. The summed E-state index contributed by atoms with van der Waals surface area (Å²) >= 11 is 0. The van der Waals surface area contributed by atoms with Crippen LogP contribution in [0.3, 0.4) is 0 Å². The standard InChI is InChI=1S/C21H27N3O6/c1-2-3-4-5-6-7-8-9-10-11-13-17(25)19(27)15-16(24(28)29)14(12-22)21(23)30-20(15)18(13)26/h16,25H,2-11,23H2,1H3. The number of nitrogens with two attached hydrogens (primary N) is 1. The second kappa shape index (κ2) is 10.6. The summed E-state index contributed by atoms with van der Waals surface area (Å²) < 4.78 is 5.12. The van der Waals surface area contributed by atoms with Gasteiger partial charge in [-0.1, -0.05) is 58.3 Å². The van der Waals surface area contributed by atoms with Gasteiger partial charge in [0.25, 0.3) is 6.04 Å². The number of carbonyl (C=O) groups excluding carboxylic acids is 2. The molecule has 0 radical (unpaired) electrons. The number of ketones is 2. The van der Waals surface area contributed by atoms with E-state index in [9.17, 15) is 24.8 Å². The van der Waals surface area contributed by atoms with Crippen LogP contribution < -0.4 is 5.73 Å². The molecular formula is C21H27N3O6. The zero-order chi connectivity index (χ0) is 22.3. The summed E-state index contributed by atoms with van der Waals surface area (Å²) in [6.45, 7) is 2.17. The fraction of sp³-hybridized carbons (Fsp3) is 0.571. The molecule has 1 aliphatic carbocycles. The predicted octanol–water partition coefficient (Wildman–Crippen LogP) is 3.49. The van der Waals surface area contributed by atoms with Crippen molar-refractivity contribution < 1.29 is 24.4 Å². The van der Waals surface area contributed by atoms with Gasteiger partial charge in [-0.05, 0) is 12.8 Å². The molecule has 0 saturated carbocycles. The second-order valence-electron chi connectivity index (χ2n) is 7.49. The number of hydrogen-bond donors (Lipinski definition) is 2. The van der Waals surface area contributed by atoms with Crippen molar-refractivity contribution in [3.8, 4) is 6.07 Å². The van der Waals surface area contributed by atoms with Crippen molar-refractivity contribution in [3.63, 3.8) is 0 Å². The molecule has 0 bridgehead atoms. The van der Waals surface area contributed by atoms with Crippen LogP contribution in [0, 0.1) is 21.4 Å². The molecule has 30 heavy (non-hydrogen) atoms. The summed E-state index contributed by atoms with van der Waals surface area (Å²) in [5.41, 5.74) is 4.21. The van der Waals surface area contributed by atoms with Crippen LogP contribution in [-0.2, 0) is 14.3 Å². The zero-order valence-electron chi connectivity index (χ0n) is 17.1. The number of rotatable bonds is 11. The van der Waals surface area contributed by atoms with E-state index in [0.29, 0.717) is 6.42 Å². The number of allylic oxidation sites excluding steroid dienone is 2. The molecule has 162 valence electrons. The molecular weight excluding hydrogens is 390 g/mol. The number of nitrogens with zero attached hydrogens (tertiary/aromatic N) is 2. The highest BCUT2D eigenvalue weighted by Gasteiger charge is 2.50. The number of aliphatic hydroxyl groups is 1. The van der Waals surface area contributed by atoms with E-state index in [2.05, 4.69) is 6.92 Å². The highest BCUT2D eigenvalue weighted by Crippen LogP contribution is 2.36. The van der Waals surface area contributed by atoms with Crippen LogP contribution in [0.4, 0.5) is 0 Å². The van der Waals surface area contributed by atoms with Gasteiger partial charge in [-0.15, -0.1) is 0 Å². The first-order valence-electron chi connectivity index (χ1n) is 10.3. The number of hydrogen-bond acceptors (Lipinski definition) is 8. The Morgan fingerprint density at radius 3 is 2.20 bits per heavy atom. The third-order valence-corrected chi connectivity index (χ3v) is 5.36. The van der Waals surface area contributed by atoms with E-state index in [-0.39, 0.29) is 12.0 Å². The van der Waals surface area contributed by atoms with Gasteiger partial charge in [0.15, 0.2) is 17.1 Å². The first kappa shape index (κ1) is 23.1. The first-order valence-corrected chi connectivity index (χ1v) is 10.3. The second-order valence-corrected chi connectivity index (χ2v) is 7.49. The normalized spacial score (nSPS) is 19.0. The Balaban J connectivity index is 2.02. The molecule has 0 spiro atoms. The van der Waals surface area contributed by atoms with Crippen molar-refractivity contribution in [1.82, 2.24) is 0 Å². The third-order valence-electron chi connectivity index (χ3n) is 5.36. The molecule has 0 amide bonds. The summed E-state index contributed by atoms with van der Waals surface area (Å²) in [5.74, 6) is -3.83. The van der Waals surface area contributed by atoms with Crippen LogP contribution in [0.15, 0.2) is 34.1 Å². The van der Waals surface area contributed by atoms with Crippen molar-refractivity contribution in [2.75, 3.05) is 0 Å². The van der Waals surface area contributed by atoms with Gasteiger partial charge < -0.3 is 15.6 Å². The van der Waals surface area contributed by atoms with E-state index < -0.39 is 51.1 Å². The molecule has 0 fully saturated rings. The number of ether oxygens (including phenoxy) is 1. The van der Waals surface area contributed by atoms with Gasteiger partial charge in [-0.25, -0.2) is 0 Å². The van der Waals surface area contributed by atoms with Crippen LogP contribution in [-0.4, -0.2) is 27.6 Å². The van der Waals surface area contributed by atoms with Gasteiger partial charge in [0.2, 0.25) is 17.4 Å². The number of nitriles is 1. The number of aliphatic hydroxyl groups excluding tert-OH is 1. The lowest BCUT2D eigenvalue weighted by Crippen LogP contribution is -2.40. The van der Waals surface area contributed by atoms with Crippen LogP contribution in [0.2, 0.25) is 0 Å². The van der Waals surface area contributed by atoms with Crippen molar-refractivity contribution in [2.45, 2.75) is 77.2 Å². The molecule has 1 aliphatic heterocycles. The number of carbonyl (C=O) groups is 2. The van der Waals surface area contributed by atoms with E-state index in [4.69, 9.17) is 15.7 Å². The summed E-state index contributed by atoms with van der Waals surface area (Å²) in [6, 6.07) is -0.396. The van der Waals surface area contributed by atoms with Crippen molar-refractivity contribution >= 4 is 11.6 Å². The zero-order valence-corrected chi connectivity index (χ0v) is 17.1. The lowest BCUT2D eigenvalue weighted by molar-refractivity contribution is -0.501. The van der Waals surface area contributed by atoms with Gasteiger partial charge in [-0.2, -0.15) is 5.26 Å². The maximum Gasteiger partial charge on any atom is 0.285 e. The minimum atomic E-state index is -1.94. The minimum absolute atomic E-state index is 0.128. The average molecular weight is 417 g/mol. The summed E-state index contributed by atoms with van der Waals surface area (Å²) in [5, 5.41) is 30.8. The van der Waals surface area contributed by atoms with E-state index in [1.807, 2.05) is 0 Å². The predicted molar refractivity (Wildman–Crippen MR) is 107 cm³/mol. The Morgan fingerprint density at radius 2 is 1.67 bits per heavy atom. The summed E-state index contributed by atoms with van der Waals surface area (Å²) in [6.07, 6.45) is 9.69. The Kier molecular flexibility index (Phi) is 8.16. The molecule has 0 saturated heterocycles. The van der Waals surface area contributed by atoms with Crippen molar-refractivity contribution in [3.05, 3.63) is 44.2 Å². The Morgan fingerprint density at radius 1 is 1.10 bits per heavy atom. The smallest absolute Gasteiger partial charge is 0.285 e. The molecule has 1 atom stereocenters. The molecule has 0 aromatic rings. The monoisotopic (exact) mass is 417 g/mol. The molecule has 0 aromatic heterocycles. The van der Waals surface area contributed by atoms with Gasteiger partial charge in [0, 0.05) is 10.5 Å². The van der Waals surface area contributed by atoms with Crippen LogP contribution in [0.5, 0.6) is 0 Å². The van der Waals surface area contributed by atoms with Crippen LogP contribution in [0.1, 0.15) is 71.1 Å². The van der Waals surface area contributed by atoms with Gasteiger partial charge >= 0.3 is 0 Å². The minimum Gasteiger partial charge on any atom is -0.504 e. The van der Waals surface area contributed by atoms with E-state index in [1.54, 1.807) is 6.07 Å². The molecule has 1 unspecified atom stereocenters. The van der Waals surface area contributed by atoms with E-state index >= 15 is 0 Å². The third kappa shape index (κ3) is 4.87. The molecule has 2 rings (SSSR count). The number of Topliss-reactive ketones (excluding diaryl/α,β-unsaturated/α-hetero) is 2. The lowest BCUT2D eigenvalue weighted by atomic mass is 9.84. The van der Waals surface area contributed by atoms with Crippen LogP contribution >= 0.6 is 0 Å². The molecule has 0 aromatic carbocycles. The van der Waals surface area contributed by atoms with Gasteiger partial charge in [-0.3, -0.25) is 19.7 Å². The molecule has 1 heterocycles. The first-order chi connectivity index (χ1) is 14.3. The van der Waals surface area contributed by atoms with Gasteiger partial charge in [0.05, 0.1) is 0 Å². The highest BCUT2D eigenvalue weighted by atomic mass is 16.6. The van der Waals surface area contributed by atoms with Crippen molar-refractivity contribution in [2.24, 2.45) is 5.73 Å². The average Bonchev–Trinajstić information content (AvgIpc) is 2.72. The number of unbranched alkanes of at least 4 members (excludes halogenated alkanes) is 8. The Bertz CT molecular complexity index is 862. The Hall–Kier alpha value is -3.15. The largest absolute Gasteiger partial charge is 0.504 e. The molecule has 2 aliphatic rings. The van der Waals surface area contributed by atoms with Gasteiger partial charge in [0.1, 0.15) is 11.6 Å².